The number of rotatable bonds is 16. The summed E-state index contributed by atoms with van der Waals surface area (Å²) in [6.07, 6.45) is 16.5. The number of unbranched alkanes of at least 4 members (excludes halogenated alkanes) is 11. The molecule has 0 rings (SSSR count). The smallest absolute Gasteiger partial charge is 0.154 e. The van der Waals surface area contributed by atoms with Gasteiger partial charge in [-0.3, -0.25) is 0 Å². The molecule has 0 aliphatic heterocycles. The normalized spacial score (nSPS) is 11.9. The van der Waals surface area contributed by atoms with Gasteiger partial charge in [-0.15, -0.1) is 0 Å². The standard InChI is InChI=1S/C17H36O2.C2H6O2/c1-3-5-6-7-8-9-10-11-12-13-14-15-16-19-17(18)4-2;3-1-2-4/h17-18H,3-16H2,1-2H3;3-4H,1-2H2. The van der Waals surface area contributed by atoms with E-state index in [1.165, 1.54) is 70.6 Å². The minimum absolute atomic E-state index is 0.125. The van der Waals surface area contributed by atoms with Crippen LogP contribution in [0.15, 0.2) is 0 Å². The third kappa shape index (κ3) is 27.0. The summed E-state index contributed by atoms with van der Waals surface area (Å²) >= 11 is 0. The van der Waals surface area contributed by atoms with Crippen LogP contribution >= 0.6 is 0 Å². The second-order valence-electron chi connectivity index (χ2n) is 6.07. The third-order valence-electron chi connectivity index (χ3n) is 3.76. The summed E-state index contributed by atoms with van der Waals surface area (Å²) < 4.78 is 5.24. The van der Waals surface area contributed by atoms with Crippen molar-refractivity contribution >= 4 is 0 Å². The molecule has 142 valence electrons. The lowest BCUT2D eigenvalue weighted by Gasteiger charge is -2.08. The molecule has 0 radical (unpaired) electrons. The fraction of sp³-hybridized carbons (Fsp3) is 1.00. The molecule has 0 aliphatic carbocycles. The number of aliphatic hydroxyl groups excluding tert-OH is 3. The molecule has 0 aromatic carbocycles. The van der Waals surface area contributed by atoms with E-state index in [0.717, 1.165) is 6.42 Å². The van der Waals surface area contributed by atoms with Gasteiger partial charge >= 0.3 is 0 Å². The summed E-state index contributed by atoms with van der Waals surface area (Å²) in [5.74, 6) is 0. The summed E-state index contributed by atoms with van der Waals surface area (Å²) in [5.41, 5.74) is 0. The largest absolute Gasteiger partial charge is 0.394 e. The van der Waals surface area contributed by atoms with Gasteiger partial charge in [0.25, 0.3) is 0 Å². The first-order valence-electron chi connectivity index (χ1n) is 9.74. The lowest BCUT2D eigenvalue weighted by atomic mass is 10.1. The van der Waals surface area contributed by atoms with Crippen molar-refractivity contribution in [3.63, 3.8) is 0 Å². The topological polar surface area (TPSA) is 69.9 Å². The van der Waals surface area contributed by atoms with Gasteiger partial charge in [-0.05, 0) is 12.8 Å². The Labute approximate surface area is 144 Å². The Balaban J connectivity index is 0. The molecule has 3 N–H and O–H groups in total. The maximum Gasteiger partial charge on any atom is 0.154 e. The Kier molecular flexibility index (Phi) is 26.3. The molecule has 0 aliphatic rings. The molecule has 0 spiro atoms. The molecule has 0 bridgehead atoms. The van der Waals surface area contributed by atoms with Gasteiger partial charge in [-0.1, -0.05) is 84.5 Å². The zero-order valence-corrected chi connectivity index (χ0v) is 15.6. The lowest BCUT2D eigenvalue weighted by molar-refractivity contribution is -0.101. The van der Waals surface area contributed by atoms with E-state index in [2.05, 4.69) is 6.92 Å². The molecule has 0 heterocycles. The maximum absolute atomic E-state index is 9.21. The van der Waals surface area contributed by atoms with E-state index >= 15 is 0 Å². The van der Waals surface area contributed by atoms with Crippen molar-refractivity contribution in [2.75, 3.05) is 19.8 Å². The highest BCUT2D eigenvalue weighted by Crippen LogP contribution is 2.12. The average molecular weight is 335 g/mol. The van der Waals surface area contributed by atoms with Crippen LogP contribution in [0.2, 0.25) is 0 Å². The lowest BCUT2D eigenvalue weighted by Crippen LogP contribution is -2.10. The zero-order valence-electron chi connectivity index (χ0n) is 15.6. The summed E-state index contributed by atoms with van der Waals surface area (Å²) in [5, 5.41) is 24.5. The van der Waals surface area contributed by atoms with Crippen LogP contribution in [0, 0.1) is 0 Å². The van der Waals surface area contributed by atoms with E-state index in [9.17, 15) is 5.11 Å². The number of ether oxygens (including phenoxy) is 1. The highest BCUT2D eigenvalue weighted by atomic mass is 16.6. The van der Waals surface area contributed by atoms with Gasteiger partial charge in [0.2, 0.25) is 0 Å². The second-order valence-corrected chi connectivity index (χ2v) is 6.07. The fourth-order valence-corrected chi connectivity index (χ4v) is 2.28. The Bertz CT molecular complexity index is 186. The first-order chi connectivity index (χ1) is 11.2. The summed E-state index contributed by atoms with van der Waals surface area (Å²) in [6, 6.07) is 0. The fourth-order valence-electron chi connectivity index (χ4n) is 2.28. The molecular formula is C19H42O4. The van der Waals surface area contributed by atoms with Crippen molar-refractivity contribution in [3.8, 4) is 0 Å². The number of aliphatic hydroxyl groups is 3. The second kappa shape index (κ2) is 24.1. The number of hydrogen-bond acceptors (Lipinski definition) is 4. The Morgan fingerprint density at radius 1 is 0.652 bits per heavy atom. The molecule has 4 nitrogen and oxygen atoms in total. The highest BCUT2D eigenvalue weighted by Gasteiger charge is 1.98. The van der Waals surface area contributed by atoms with Gasteiger partial charge in [-0.2, -0.15) is 0 Å². The highest BCUT2D eigenvalue weighted by molar-refractivity contribution is 4.48. The molecule has 0 aromatic rings. The molecule has 23 heavy (non-hydrogen) atoms. The van der Waals surface area contributed by atoms with Gasteiger partial charge in [-0.25, -0.2) is 0 Å². The van der Waals surface area contributed by atoms with Gasteiger partial charge in [0.15, 0.2) is 6.29 Å². The molecule has 0 saturated carbocycles. The van der Waals surface area contributed by atoms with Crippen molar-refractivity contribution < 1.29 is 20.1 Å². The van der Waals surface area contributed by atoms with Gasteiger partial charge < -0.3 is 20.1 Å². The van der Waals surface area contributed by atoms with Gasteiger partial charge in [0.1, 0.15) is 0 Å². The van der Waals surface area contributed by atoms with Crippen LogP contribution in [0.3, 0.4) is 0 Å². The van der Waals surface area contributed by atoms with Crippen molar-refractivity contribution in [2.45, 2.75) is 104 Å². The molecule has 0 aromatic heterocycles. The van der Waals surface area contributed by atoms with Crippen LogP contribution in [0.25, 0.3) is 0 Å². The Morgan fingerprint density at radius 2 is 1.04 bits per heavy atom. The van der Waals surface area contributed by atoms with E-state index in [4.69, 9.17) is 14.9 Å². The molecule has 4 heteroatoms. The SMILES string of the molecule is CCCCCCCCCCCCCCOC(O)CC.OCCO. The molecular weight excluding hydrogens is 292 g/mol. The minimum Gasteiger partial charge on any atom is -0.394 e. The van der Waals surface area contributed by atoms with Crippen LogP contribution in [0.1, 0.15) is 97.3 Å². The number of hydrogen-bond donors (Lipinski definition) is 3. The van der Waals surface area contributed by atoms with Crippen LogP contribution in [0.5, 0.6) is 0 Å². The third-order valence-corrected chi connectivity index (χ3v) is 3.76. The van der Waals surface area contributed by atoms with E-state index in [-0.39, 0.29) is 13.2 Å². The van der Waals surface area contributed by atoms with Crippen LogP contribution < -0.4 is 0 Å². The summed E-state index contributed by atoms with van der Waals surface area (Å²) in [4.78, 5) is 0. The Morgan fingerprint density at radius 3 is 1.39 bits per heavy atom. The van der Waals surface area contributed by atoms with E-state index in [1.807, 2.05) is 6.92 Å². The van der Waals surface area contributed by atoms with Crippen LogP contribution in [-0.2, 0) is 4.74 Å². The summed E-state index contributed by atoms with van der Waals surface area (Å²) in [6.45, 7) is 4.67. The monoisotopic (exact) mass is 334 g/mol. The first kappa shape index (κ1) is 25.1. The van der Waals surface area contributed by atoms with E-state index < -0.39 is 6.29 Å². The predicted octanol–water partition coefficient (Wildman–Crippen LogP) is 4.40. The first-order valence-corrected chi connectivity index (χ1v) is 9.74. The molecule has 1 atom stereocenters. The van der Waals surface area contributed by atoms with E-state index in [1.54, 1.807) is 0 Å². The molecule has 1 unspecified atom stereocenters. The van der Waals surface area contributed by atoms with Crippen molar-refractivity contribution in [2.24, 2.45) is 0 Å². The molecule has 0 fully saturated rings. The average Bonchev–Trinajstić information content (AvgIpc) is 2.58. The van der Waals surface area contributed by atoms with Crippen molar-refractivity contribution in [1.82, 2.24) is 0 Å². The maximum atomic E-state index is 9.21. The zero-order chi connectivity index (χ0) is 17.6. The minimum atomic E-state index is -0.548. The molecule has 0 saturated heterocycles. The van der Waals surface area contributed by atoms with Crippen LogP contribution in [-0.4, -0.2) is 41.4 Å². The van der Waals surface area contributed by atoms with Gasteiger partial charge in [0, 0.05) is 6.61 Å². The van der Waals surface area contributed by atoms with Crippen molar-refractivity contribution in [3.05, 3.63) is 0 Å². The summed E-state index contributed by atoms with van der Waals surface area (Å²) in [7, 11) is 0. The Hall–Kier alpha value is -0.160. The quantitative estimate of drug-likeness (QED) is 0.289. The van der Waals surface area contributed by atoms with Gasteiger partial charge in [0.05, 0.1) is 13.2 Å². The van der Waals surface area contributed by atoms with E-state index in [0.29, 0.717) is 13.0 Å². The van der Waals surface area contributed by atoms with Crippen molar-refractivity contribution in [1.29, 1.82) is 0 Å². The predicted molar refractivity (Wildman–Crippen MR) is 97.5 cm³/mol. The molecule has 0 amide bonds. The van der Waals surface area contributed by atoms with Crippen LogP contribution in [0.4, 0.5) is 0 Å².